The van der Waals surface area contributed by atoms with Crippen molar-refractivity contribution in [3.8, 4) is 28.6 Å². The number of carbonyl (C=O) groups excluding carboxylic acids is 1. The molecule has 1 N–H and O–H groups in total. The highest BCUT2D eigenvalue weighted by atomic mass is 35.5. The van der Waals surface area contributed by atoms with Crippen LogP contribution in [0.1, 0.15) is 19.2 Å². The minimum Gasteiger partial charge on any atom is -0.497 e. The van der Waals surface area contributed by atoms with Crippen molar-refractivity contribution in [1.82, 2.24) is 15.5 Å². The van der Waals surface area contributed by atoms with Gasteiger partial charge < -0.3 is 24.1 Å². The van der Waals surface area contributed by atoms with Gasteiger partial charge in [0.1, 0.15) is 17.2 Å². The summed E-state index contributed by atoms with van der Waals surface area (Å²) in [4.78, 5) is 16.8. The lowest BCUT2D eigenvalue weighted by Crippen LogP contribution is -2.37. The molecule has 0 aliphatic heterocycles. The summed E-state index contributed by atoms with van der Waals surface area (Å²) >= 11 is 5.87. The Morgan fingerprint density at radius 1 is 1.13 bits per heavy atom. The minimum atomic E-state index is -0.657. The molecule has 0 fully saturated rings. The number of benzene rings is 2. The van der Waals surface area contributed by atoms with E-state index in [9.17, 15) is 4.79 Å². The summed E-state index contributed by atoms with van der Waals surface area (Å²) in [5, 5.41) is 7.32. The molecule has 0 saturated heterocycles. The molecule has 3 aromatic rings. The first-order chi connectivity index (χ1) is 14.5. The molecule has 2 aromatic carbocycles. The second-order valence-electron chi connectivity index (χ2n) is 6.26. The predicted molar refractivity (Wildman–Crippen MR) is 111 cm³/mol. The van der Waals surface area contributed by atoms with Gasteiger partial charge in [-0.2, -0.15) is 4.98 Å². The normalized spacial score (nSPS) is 11.6. The summed E-state index contributed by atoms with van der Waals surface area (Å²) in [6.45, 7) is 1.94. The Labute approximate surface area is 179 Å². The lowest BCUT2D eigenvalue weighted by Gasteiger charge is -2.16. The maximum atomic E-state index is 12.5. The van der Waals surface area contributed by atoms with E-state index in [1.54, 1.807) is 56.7 Å². The number of carbonyl (C=O) groups is 1. The fourth-order valence-corrected chi connectivity index (χ4v) is 2.82. The summed E-state index contributed by atoms with van der Waals surface area (Å²) in [5.74, 6) is 2.09. The van der Waals surface area contributed by atoms with E-state index in [0.717, 1.165) is 0 Å². The van der Waals surface area contributed by atoms with Crippen LogP contribution in [0.25, 0.3) is 11.4 Å². The zero-order chi connectivity index (χ0) is 21.5. The Bertz CT molecular complexity index is 991. The van der Waals surface area contributed by atoms with Gasteiger partial charge in [0.25, 0.3) is 5.91 Å². The summed E-state index contributed by atoms with van der Waals surface area (Å²) in [5.41, 5.74) is 0.650. The summed E-state index contributed by atoms with van der Waals surface area (Å²) < 4.78 is 21.5. The van der Waals surface area contributed by atoms with Crippen LogP contribution in [0, 0.1) is 0 Å². The minimum absolute atomic E-state index is 0.0742. The highest BCUT2D eigenvalue weighted by molar-refractivity contribution is 6.30. The van der Waals surface area contributed by atoms with Crippen LogP contribution in [0.4, 0.5) is 0 Å². The summed E-state index contributed by atoms with van der Waals surface area (Å²) in [7, 11) is 3.12. The first-order valence-corrected chi connectivity index (χ1v) is 9.66. The van der Waals surface area contributed by atoms with Crippen LogP contribution in [0.5, 0.6) is 17.2 Å². The Hall–Kier alpha value is -3.26. The Balaban J connectivity index is 1.63. The third-order valence-corrected chi connectivity index (χ3v) is 4.54. The maximum absolute atomic E-state index is 12.5. The SMILES string of the molecule is CCC(Oc1ccc(Cl)cc1)C(=O)NCc1nc(-c2ccc(OC)cc2OC)no1. The fraction of sp³-hybridized carbons (Fsp3) is 0.286. The second-order valence-corrected chi connectivity index (χ2v) is 6.70. The number of rotatable bonds is 9. The molecule has 30 heavy (non-hydrogen) atoms. The monoisotopic (exact) mass is 431 g/mol. The largest absolute Gasteiger partial charge is 0.497 e. The molecule has 0 spiro atoms. The van der Waals surface area contributed by atoms with Gasteiger partial charge in [-0.05, 0) is 42.8 Å². The molecule has 0 aliphatic rings. The zero-order valence-corrected chi connectivity index (χ0v) is 17.6. The molecular weight excluding hydrogens is 410 g/mol. The van der Waals surface area contributed by atoms with Gasteiger partial charge in [0.05, 0.1) is 26.3 Å². The molecule has 3 rings (SSSR count). The molecule has 1 atom stereocenters. The van der Waals surface area contributed by atoms with Crippen molar-refractivity contribution in [2.24, 2.45) is 0 Å². The number of nitrogens with one attached hydrogen (secondary N) is 1. The van der Waals surface area contributed by atoms with Crippen molar-refractivity contribution in [2.45, 2.75) is 26.0 Å². The van der Waals surface area contributed by atoms with Crippen LogP contribution in [0.2, 0.25) is 5.02 Å². The smallest absolute Gasteiger partial charge is 0.261 e. The Morgan fingerprint density at radius 2 is 1.87 bits per heavy atom. The molecule has 9 heteroatoms. The standard InChI is InChI=1S/C21H22ClN3O5/c1-4-17(29-14-7-5-13(22)6-8-14)21(26)23-12-19-24-20(25-30-19)16-10-9-15(27-2)11-18(16)28-3/h5-11,17H,4,12H2,1-3H3,(H,23,26). The van der Waals surface area contributed by atoms with Crippen molar-refractivity contribution in [1.29, 1.82) is 0 Å². The number of nitrogens with zero attached hydrogens (tertiary/aromatic N) is 2. The van der Waals surface area contributed by atoms with Gasteiger partial charge >= 0.3 is 0 Å². The lowest BCUT2D eigenvalue weighted by atomic mass is 10.2. The van der Waals surface area contributed by atoms with Crippen LogP contribution in [-0.2, 0) is 11.3 Å². The number of hydrogen-bond acceptors (Lipinski definition) is 7. The van der Waals surface area contributed by atoms with E-state index in [-0.39, 0.29) is 18.3 Å². The molecule has 1 heterocycles. The first kappa shape index (κ1) is 21.4. The van der Waals surface area contributed by atoms with Gasteiger partial charge in [-0.15, -0.1) is 0 Å². The topological polar surface area (TPSA) is 95.7 Å². The van der Waals surface area contributed by atoms with Crippen molar-refractivity contribution in [3.63, 3.8) is 0 Å². The quantitative estimate of drug-likeness (QED) is 0.549. The van der Waals surface area contributed by atoms with E-state index in [1.807, 2.05) is 6.92 Å². The van der Waals surface area contributed by atoms with Gasteiger partial charge in [0.15, 0.2) is 6.10 Å². The van der Waals surface area contributed by atoms with Crippen LogP contribution < -0.4 is 19.5 Å². The number of hydrogen-bond donors (Lipinski definition) is 1. The fourth-order valence-electron chi connectivity index (χ4n) is 2.70. The van der Waals surface area contributed by atoms with E-state index in [2.05, 4.69) is 15.5 Å². The Morgan fingerprint density at radius 3 is 2.53 bits per heavy atom. The van der Waals surface area contributed by atoms with Crippen molar-refractivity contribution < 1.29 is 23.5 Å². The third kappa shape index (κ3) is 5.21. The Kier molecular flexibility index (Phi) is 7.13. The van der Waals surface area contributed by atoms with Gasteiger partial charge in [-0.3, -0.25) is 4.79 Å². The molecule has 8 nitrogen and oxygen atoms in total. The molecule has 0 aliphatic carbocycles. The number of amides is 1. The molecule has 158 valence electrons. The summed E-state index contributed by atoms with van der Waals surface area (Å²) in [6, 6.07) is 12.1. The molecule has 1 amide bonds. The van der Waals surface area contributed by atoms with E-state index < -0.39 is 6.10 Å². The van der Waals surface area contributed by atoms with Crippen molar-refractivity contribution in [2.75, 3.05) is 14.2 Å². The van der Waals surface area contributed by atoms with Crippen LogP contribution >= 0.6 is 11.6 Å². The van der Waals surface area contributed by atoms with Crippen LogP contribution in [0.3, 0.4) is 0 Å². The average molecular weight is 432 g/mol. The number of methoxy groups -OCH3 is 2. The molecule has 0 radical (unpaired) electrons. The van der Waals surface area contributed by atoms with E-state index in [0.29, 0.717) is 40.1 Å². The van der Waals surface area contributed by atoms with Crippen LogP contribution in [-0.4, -0.2) is 36.4 Å². The van der Waals surface area contributed by atoms with Gasteiger partial charge in [-0.25, -0.2) is 0 Å². The van der Waals surface area contributed by atoms with E-state index in [1.165, 1.54) is 0 Å². The maximum Gasteiger partial charge on any atom is 0.261 e. The van der Waals surface area contributed by atoms with E-state index in [4.69, 9.17) is 30.3 Å². The molecule has 1 unspecified atom stereocenters. The van der Waals surface area contributed by atoms with Gasteiger partial charge in [-0.1, -0.05) is 23.7 Å². The molecule has 0 bridgehead atoms. The third-order valence-electron chi connectivity index (χ3n) is 4.29. The zero-order valence-electron chi connectivity index (χ0n) is 16.8. The highest BCUT2D eigenvalue weighted by Crippen LogP contribution is 2.31. The van der Waals surface area contributed by atoms with Crippen molar-refractivity contribution >= 4 is 17.5 Å². The number of ether oxygens (including phenoxy) is 3. The van der Waals surface area contributed by atoms with Crippen LogP contribution in [0.15, 0.2) is 47.0 Å². The van der Waals surface area contributed by atoms with Crippen molar-refractivity contribution in [3.05, 3.63) is 53.4 Å². The van der Waals surface area contributed by atoms with E-state index >= 15 is 0 Å². The van der Waals surface area contributed by atoms with Gasteiger partial charge in [0, 0.05) is 11.1 Å². The molecule has 1 aromatic heterocycles. The molecule has 0 saturated carbocycles. The van der Waals surface area contributed by atoms with Gasteiger partial charge in [0.2, 0.25) is 11.7 Å². The lowest BCUT2D eigenvalue weighted by molar-refractivity contribution is -0.128. The number of aromatic nitrogens is 2. The highest BCUT2D eigenvalue weighted by Gasteiger charge is 2.20. The average Bonchev–Trinajstić information content (AvgIpc) is 3.25. The summed E-state index contributed by atoms with van der Waals surface area (Å²) in [6.07, 6.45) is -0.165. The first-order valence-electron chi connectivity index (χ1n) is 9.29. The second kappa shape index (κ2) is 9.98. The predicted octanol–water partition coefficient (Wildman–Crippen LogP) is 3.88. The number of halogens is 1. The molecular formula is C21H22ClN3O5.